The summed E-state index contributed by atoms with van der Waals surface area (Å²) in [6.07, 6.45) is 7.93. The Morgan fingerprint density at radius 1 is 1.24 bits per heavy atom. The second-order valence-corrected chi connectivity index (χ2v) is 9.27. The van der Waals surface area contributed by atoms with Crippen molar-refractivity contribution in [3.8, 4) is 0 Å². The summed E-state index contributed by atoms with van der Waals surface area (Å²) in [6.45, 7) is 5.77. The third kappa shape index (κ3) is 4.71. The van der Waals surface area contributed by atoms with Crippen molar-refractivity contribution < 1.29 is 24.2 Å². The van der Waals surface area contributed by atoms with Crippen LogP contribution in [0.1, 0.15) is 67.3 Å². The predicted molar refractivity (Wildman–Crippen MR) is 112 cm³/mol. The number of anilines is 1. The predicted octanol–water partition coefficient (Wildman–Crippen LogP) is 4.43. The van der Waals surface area contributed by atoms with E-state index in [0.29, 0.717) is 29.3 Å². The third-order valence-electron chi connectivity index (χ3n) is 5.81. The van der Waals surface area contributed by atoms with Crippen LogP contribution in [0.2, 0.25) is 0 Å². The van der Waals surface area contributed by atoms with Gasteiger partial charge in [-0.2, -0.15) is 0 Å². The molecule has 0 spiro atoms. The van der Waals surface area contributed by atoms with E-state index in [2.05, 4.69) is 12.2 Å². The number of rotatable bonds is 6. The molecule has 6 nitrogen and oxygen atoms in total. The highest BCUT2D eigenvalue weighted by atomic mass is 32.1. The number of hydrogen-bond donors (Lipinski definition) is 2. The third-order valence-corrected chi connectivity index (χ3v) is 6.98. The first-order chi connectivity index (χ1) is 13.8. The Morgan fingerprint density at radius 2 is 1.93 bits per heavy atom. The molecule has 3 atom stereocenters. The van der Waals surface area contributed by atoms with Crippen molar-refractivity contribution in [1.82, 2.24) is 0 Å². The lowest BCUT2D eigenvalue weighted by Gasteiger charge is -2.24. The minimum Gasteiger partial charge on any atom is -0.481 e. The molecule has 0 aliphatic heterocycles. The lowest BCUT2D eigenvalue weighted by atomic mass is 9.82. The smallest absolute Gasteiger partial charge is 0.341 e. The molecule has 1 heterocycles. The highest BCUT2D eigenvalue weighted by Crippen LogP contribution is 2.41. The monoisotopic (exact) mass is 419 g/mol. The fraction of sp³-hybridized carbons (Fsp3) is 0.591. The summed E-state index contributed by atoms with van der Waals surface area (Å²) in [4.78, 5) is 38.5. The van der Waals surface area contributed by atoms with E-state index in [9.17, 15) is 19.5 Å². The van der Waals surface area contributed by atoms with Gasteiger partial charge in [-0.05, 0) is 57.4 Å². The lowest BCUT2D eigenvalue weighted by Crippen LogP contribution is -2.34. The minimum atomic E-state index is -0.967. The standard InChI is InChI=1S/C22H29NO5S/c1-4-13-9-10-16-17(11-13)29-20(18(16)22(27)28-12(2)3)23-19(24)14-7-5-6-8-15(14)21(25)26/h5-6,12-15H,4,7-11H2,1-3H3,(H,23,24)(H,25,26)/t13-,14+,15+/m1/s1. The first kappa shape index (κ1) is 21.6. The van der Waals surface area contributed by atoms with Gasteiger partial charge in [0.2, 0.25) is 5.91 Å². The molecule has 0 saturated heterocycles. The lowest BCUT2D eigenvalue weighted by molar-refractivity contribution is -0.146. The van der Waals surface area contributed by atoms with Crippen molar-refractivity contribution in [2.75, 3.05) is 5.32 Å². The molecular formula is C22H29NO5S. The first-order valence-corrected chi connectivity index (χ1v) is 11.2. The van der Waals surface area contributed by atoms with Gasteiger partial charge in [-0.15, -0.1) is 11.3 Å². The molecule has 2 aliphatic rings. The minimum absolute atomic E-state index is 0.256. The molecule has 29 heavy (non-hydrogen) atoms. The van der Waals surface area contributed by atoms with Crippen molar-refractivity contribution in [3.05, 3.63) is 28.2 Å². The molecule has 3 rings (SSSR count). The molecule has 0 bridgehead atoms. The zero-order valence-electron chi connectivity index (χ0n) is 17.2. The molecule has 2 N–H and O–H groups in total. The van der Waals surface area contributed by atoms with E-state index in [4.69, 9.17) is 4.74 Å². The summed E-state index contributed by atoms with van der Waals surface area (Å²) in [5.74, 6) is -2.53. The molecule has 0 unspecified atom stereocenters. The van der Waals surface area contributed by atoms with Crippen molar-refractivity contribution >= 4 is 34.2 Å². The molecule has 0 fully saturated rings. The Bertz CT molecular complexity index is 825. The summed E-state index contributed by atoms with van der Waals surface area (Å²) >= 11 is 1.44. The first-order valence-electron chi connectivity index (χ1n) is 10.4. The molecule has 158 valence electrons. The fourth-order valence-corrected chi connectivity index (χ4v) is 5.51. The van der Waals surface area contributed by atoms with E-state index in [1.54, 1.807) is 13.8 Å². The molecule has 0 saturated carbocycles. The largest absolute Gasteiger partial charge is 0.481 e. The topological polar surface area (TPSA) is 92.7 Å². The zero-order chi connectivity index (χ0) is 21.1. The van der Waals surface area contributed by atoms with Crippen molar-refractivity contribution in [1.29, 1.82) is 0 Å². The molecule has 2 aliphatic carbocycles. The maximum absolute atomic E-state index is 13.0. The van der Waals surface area contributed by atoms with E-state index in [0.717, 1.165) is 36.1 Å². The van der Waals surface area contributed by atoms with Crippen LogP contribution >= 0.6 is 11.3 Å². The number of amides is 1. The van der Waals surface area contributed by atoms with Gasteiger partial charge in [-0.1, -0.05) is 25.5 Å². The molecule has 7 heteroatoms. The van der Waals surface area contributed by atoms with E-state index in [-0.39, 0.29) is 12.0 Å². The average Bonchev–Trinajstić information content (AvgIpc) is 3.04. The van der Waals surface area contributed by atoms with Gasteiger partial charge in [0.05, 0.1) is 23.5 Å². The Morgan fingerprint density at radius 3 is 2.55 bits per heavy atom. The van der Waals surface area contributed by atoms with Gasteiger partial charge in [0.25, 0.3) is 0 Å². The number of fused-ring (bicyclic) bond motifs is 1. The van der Waals surface area contributed by atoms with Crippen molar-refractivity contribution in [3.63, 3.8) is 0 Å². The number of thiophene rings is 1. The fourth-order valence-electron chi connectivity index (χ4n) is 4.16. The number of allylic oxidation sites excluding steroid dienone is 2. The van der Waals surface area contributed by atoms with Crippen LogP contribution < -0.4 is 5.32 Å². The summed E-state index contributed by atoms with van der Waals surface area (Å²) < 4.78 is 5.45. The molecule has 1 aromatic rings. The zero-order valence-corrected chi connectivity index (χ0v) is 18.0. The van der Waals surface area contributed by atoms with Gasteiger partial charge in [0.15, 0.2) is 0 Å². The second kappa shape index (κ2) is 9.11. The molecule has 0 aromatic carbocycles. The van der Waals surface area contributed by atoms with Crippen LogP contribution in [0.5, 0.6) is 0 Å². The Hall–Kier alpha value is -2.15. The summed E-state index contributed by atoms with van der Waals surface area (Å²) in [5, 5.41) is 12.9. The Labute approximate surface area is 175 Å². The normalized spacial score (nSPS) is 23.5. The Kier molecular flexibility index (Phi) is 6.77. The van der Waals surface area contributed by atoms with E-state index in [1.165, 1.54) is 11.3 Å². The molecule has 1 amide bonds. The van der Waals surface area contributed by atoms with Gasteiger partial charge >= 0.3 is 11.9 Å². The summed E-state index contributed by atoms with van der Waals surface area (Å²) in [7, 11) is 0. The number of carboxylic acid groups (broad SMARTS) is 1. The highest BCUT2D eigenvalue weighted by molar-refractivity contribution is 7.17. The van der Waals surface area contributed by atoms with Crippen molar-refractivity contribution in [2.24, 2.45) is 17.8 Å². The van der Waals surface area contributed by atoms with Crippen LogP contribution in [0.15, 0.2) is 12.2 Å². The number of carbonyl (C=O) groups excluding carboxylic acids is 2. The van der Waals surface area contributed by atoms with Gasteiger partial charge in [0, 0.05) is 4.88 Å². The van der Waals surface area contributed by atoms with Crippen LogP contribution in [0.4, 0.5) is 5.00 Å². The van der Waals surface area contributed by atoms with E-state index in [1.807, 2.05) is 12.2 Å². The number of ether oxygens (including phenoxy) is 1. The molecule has 1 aromatic heterocycles. The Balaban J connectivity index is 1.90. The van der Waals surface area contributed by atoms with Crippen LogP contribution in [0.25, 0.3) is 0 Å². The number of esters is 1. The van der Waals surface area contributed by atoms with Gasteiger partial charge < -0.3 is 15.2 Å². The molecular weight excluding hydrogens is 390 g/mol. The van der Waals surface area contributed by atoms with Crippen LogP contribution in [-0.2, 0) is 27.2 Å². The van der Waals surface area contributed by atoms with Gasteiger partial charge in [0.1, 0.15) is 5.00 Å². The SMILES string of the molecule is CC[C@@H]1CCc2c(sc(NC(=O)[C@H]3CC=CC[C@@H]3C(=O)O)c2C(=O)OC(C)C)C1. The van der Waals surface area contributed by atoms with Crippen LogP contribution in [0, 0.1) is 17.8 Å². The summed E-state index contributed by atoms with van der Waals surface area (Å²) in [5.41, 5.74) is 1.44. The van der Waals surface area contributed by atoms with Crippen molar-refractivity contribution in [2.45, 2.75) is 65.4 Å². The van der Waals surface area contributed by atoms with E-state index >= 15 is 0 Å². The van der Waals surface area contributed by atoms with Gasteiger partial charge in [-0.3, -0.25) is 9.59 Å². The maximum Gasteiger partial charge on any atom is 0.341 e. The second-order valence-electron chi connectivity index (χ2n) is 8.16. The summed E-state index contributed by atoms with van der Waals surface area (Å²) in [6, 6.07) is 0. The number of hydrogen-bond acceptors (Lipinski definition) is 5. The van der Waals surface area contributed by atoms with Crippen LogP contribution in [0.3, 0.4) is 0 Å². The highest BCUT2D eigenvalue weighted by Gasteiger charge is 2.36. The van der Waals surface area contributed by atoms with Crippen LogP contribution in [-0.4, -0.2) is 29.1 Å². The quantitative estimate of drug-likeness (QED) is 0.525. The average molecular weight is 420 g/mol. The number of aliphatic carboxylic acids is 1. The molecule has 0 radical (unpaired) electrons. The number of carboxylic acids is 1. The maximum atomic E-state index is 13.0. The van der Waals surface area contributed by atoms with Gasteiger partial charge in [-0.25, -0.2) is 4.79 Å². The number of carbonyl (C=O) groups is 3. The van der Waals surface area contributed by atoms with E-state index < -0.39 is 23.8 Å². The number of nitrogens with one attached hydrogen (secondary N) is 1.